The van der Waals surface area contributed by atoms with Crippen molar-refractivity contribution < 1.29 is 17.9 Å². The number of aromatic nitrogens is 2. The molecule has 0 fully saturated rings. The summed E-state index contributed by atoms with van der Waals surface area (Å²) in [6, 6.07) is 10.1. The number of fused-ring (bicyclic) bond motifs is 1. The van der Waals surface area contributed by atoms with Crippen LogP contribution in [0.1, 0.15) is 38.6 Å². The SMILES string of the molecule is CCN(CC)S(=O)(=O)c1ccc2c(c1)nc(CCC(=O)Oc1ccc(Cl)cc1C)n2CC. The first-order chi connectivity index (χ1) is 15.2. The smallest absolute Gasteiger partial charge is 0.311 e. The number of aryl methyl sites for hydroxylation is 3. The van der Waals surface area contributed by atoms with Crippen LogP contribution in [0, 0.1) is 6.92 Å². The molecule has 0 atom stereocenters. The Hall–Kier alpha value is -2.42. The Bertz CT molecular complexity index is 1230. The highest BCUT2D eigenvalue weighted by atomic mass is 35.5. The number of benzene rings is 2. The molecule has 3 rings (SSSR count). The highest BCUT2D eigenvalue weighted by Gasteiger charge is 2.23. The molecule has 1 aromatic heterocycles. The van der Waals surface area contributed by atoms with E-state index in [1.807, 2.05) is 32.3 Å². The fraction of sp³-hybridized carbons (Fsp3) is 0.391. The maximum absolute atomic E-state index is 12.9. The highest BCUT2D eigenvalue weighted by molar-refractivity contribution is 7.89. The minimum absolute atomic E-state index is 0.149. The number of carbonyl (C=O) groups is 1. The lowest BCUT2D eigenvalue weighted by atomic mass is 10.2. The van der Waals surface area contributed by atoms with E-state index in [0.717, 1.165) is 11.1 Å². The molecule has 0 spiro atoms. The predicted octanol–water partition coefficient (Wildman–Crippen LogP) is 4.59. The molecule has 0 amide bonds. The van der Waals surface area contributed by atoms with Crippen LogP contribution in [0.25, 0.3) is 11.0 Å². The second kappa shape index (κ2) is 10.0. The molecular formula is C23H28ClN3O4S. The third-order valence-electron chi connectivity index (χ3n) is 5.37. The summed E-state index contributed by atoms with van der Waals surface area (Å²) >= 11 is 5.95. The van der Waals surface area contributed by atoms with Gasteiger partial charge in [0.25, 0.3) is 0 Å². The standard InChI is InChI=1S/C23H28ClN3O4S/c1-5-26(6-2)32(29,30)18-9-10-20-19(15-18)25-22(27(20)7-3)12-13-23(28)31-21-11-8-17(24)14-16(21)4/h8-11,14-15H,5-7,12-13H2,1-4H3. The number of nitrogens with zero attached hydrogens (tertiary/aromatic N) is 3. The maximum atomic E-state index is 12.9. The molecule has 32 heavy (non-hydrogen) atoms. The first kappa shape index (κ1) is 24.2. The van der Waals surface area contributed by atoms with Gasteiger partial charge in [0.2, 0.25) is 10.0 Å². The lowest BCUT2D eigenvalue weighted by Crippen LogP contribution is -2.30. The Balaban J connectivity index is 1.81. The molecule has 0 N–H and O–H groups in total. The summed E-state index contributed by atoms with van der Waals surface area (Å²) in [6.07, 6.45) is 0.530. The zero-order valence-electron chi connectivity index (χ0n) is 18.8. The predicted molar refractivity (Wildman–Crippen MR) is 126 cm³/mol. The quantitative estimate of drug-likeness (QED) is 0.332. The number of ether oxygens (including phenoxy) is 1. The second-order valence-corrected chi connectivity index (χ2v) is 9.77. The fourth-order valence-electron chi connectivity index (χ4n) is 3.69. The first-order valence-corrected chi connectivity index (χ1v) is 12.5. The first-order valence-electron chi connectivity index (χ1n) is 10.7. The van der Waals surface area contributed by atoms with Gasteiger partial charge in [-0.1, -0.05) is 25.4 Å². The molecular weight excluding hydrogens is 450 g/mol. The molecule has 0 radical (unpaired) electrons. The number of carbonyl (C=O) groups excluding carboxylic acids is 1. The van der Waals surface area contributed by atoms with E-state index < -0.39 is 10.0 Å². The summed E-state index contributed by atoms with van der Waals surface area (Å²) in [4.78, 5) is 17.2. The molecule has 9 heteroatoms. The molecule has 0 saturated carbocycles. The average Bonchev–Trinajstić information content (AvgIpc) is 3.11. The Labute approximate surface area is 194 Å². The van der Waals surface area contributed by atoms with E-state index in [4.69, 9.17) is 16.3 Å². The van der Waals surface area contributed by atoms with Crippen LogP contribution in [0.2, 0.25) is 5.02 Å². The van der Waals surface area contributed by atoms with Gasteiger partial charge in [-0.3, -0.25) is 4.79 Å². The Morgan fingerprint density at radius 3 is 2.47 bits per heavy atom. The minimum Gasteiger partial charge on any atom is -0.426 e. The van der Waals surface area contributed by atoms with Crippen LogP contribution in [0.4, 0.5) is 0 Å². The van der Waals surface area contributed by atoms with Gasteiger partial charge in [-0.15, -0.1) is 0 Å². The summed E-state index contributed by atoms with van der Waals surface area (Å²) in [5.74, 6) is 0.828. The van der Waals surface area contributed by atoms with E-state index in [1.54, 1.807) is 36.4 Å². The minimum atomic E-state index is -3.57. The van der Waals surface area contributed by atoms with Crippen LogP contribution in [0.3, 0.4) is 0 Å². The van der Waals surface area contributed by atoms with Gasteiger partial charge in [-0.2, -0.15) is 4.31 Å². The average molecular weight is 478 g/mol. The van der Waals surface area contributed by atoms with Crippen LogP contribution >= 0.6 is 11.6 Å². The van der Waals surface area contributed by atoms with Gasteiger partial charge in [0.1, 0.15) is 11.6 Å². The molecule has 0 saturated heterocycles. The number of imidazole rings is 1. The van der Waals surface area contributed by atoms with Crippen LogP contribution in [-0.4, -0.2) is 41.3 Å². The Morgan fingerprint density at radius 2 is 1.84 bits per heavy atom. The molecule has 0 aliphatic heterocycles. The summed E-state index contributed by atoms with van der Waals surface area (Å²) < 4.78 is 34.6. The van der Waals surface area contributed by atoms with Crippen LogP contribution in [0.15, 0.2) is 41.3 Å². The number of sulfonamides is 1. The van der Waals surface area contributed by atoms with Crippen molar-refractivity contribution in [1.29, 1.82) is 0 Å². The van der Waals surface area contributed by atoms with Gasteiger partial charge in [0, 0.05) is 31.1 Å². The molecule has 2 aromatic carbocycles. The topological polar surface area (TPSA) is 81.5 Å². The van der Waals surface area contributed by atoms with Crippen LogP contribution in [0.5, 0.6) is 5.75 Å². The van der Waals surface area contributed by atoms with E-state index in [-0.39, 0.29) is 17.3 Å². The molecule has 7 nitrogen and oxygen atoms in total. The van der Waals surface area contributed by atoms with Gasteiger partial charge in [0.05, 0.1) is 22.3 Å². The molecule has 172 valence electrons. The van der Waals surface area contributed by atoms with Crippen molar-refractivity contribution in [3.05, 3.63) is 52.8 Å². The third-order valence-corrected chi connectivity index (χ3v) is 7.65. The van der Waals surface area contributed by atoms with Gasteiger partial charge in [-0.05, 0) is 55.8 Å². The normalized spacial score (nSPS) is 11.9. The number of hydrogen-bond acceptors (Lipinski definition) is 5. The number of hydrogen-bond donors (Lipinski definition) is 0. The molecule has 0 aliphatic rings. The molecule has 0 unspecified atom stereocenters. The van der Waals surface area contributed by atoms with E-state index in [2.05, 4.69) is 4.98 Å². The summed E-state index contributed by atoms with van der Waals surface area (Å²) in [6.45, 7) is 8.90. The molecule has 0 bridgehead atoms. The Kier molecular flexibility index (Phi) is 7.59. The number of halogens is 1. The number of rotatable bonds is 9. The van der Waals surface area contributed by atoms with E-state index in [1.165, 1.54) is 4.31 Å². The van der Waals surface area contributed by atoms with Gasteiger partial charge in [-0.25, -0.2) is 13.4 Å². The monoisotopic (exact) mass is 477 g/mol. The summed E-state index contributed by atoms with van der Waals surface area (Å²) in [5, 5.41) is 0.585. The van der Waals surface area contributed by atoms with Crippen molar-refractivity contribution >= 4 is 38.6 Å². The second-order valence-electron chi connectivity index (χ2n) is 7.40. The third kappa shape index (κ3) is 4.98. The van der Waals surface area contributed by atoms with Crippen LogP contribution < -0.4 is 4.74 Å². The van der Waals surface area contributed by atoms with Crippen molar-refractivity contribution in [2.75, 3.05) is 13.1 Å². The lowest BCUT2D eigenvalue weighted by Gasteiger charge is -2.18. The summed E-state index contributed by atoms with van der Waals surface area (Å²) in [7, 11) is -3.57. The molecule has 1 heterocycles. The van der Waals surface area contributed by atoms with Gasteiger partial charge >= 0.3 is 5.97 Å². The van der Waals surface area contributed by atoms with E-state index >= 15 is 0 Å². The highest BCUT2D eigenvalue weighted by Crippen LogP contribution is 2.25. The van der Waals surface area contributed by atoms with Crippen molar-refractivity contribution in [1.82, 2.24) is 13.9 Å². The van der Waals surface area contributed by atoms with E-state index in [0.29, 0.717) is 48.2 Å². The van der Waals surface area contributed by atoms with Crippen molar-refractivity contribution in [3.8, 4) is 5.75 Å². The lowest BCUT2D eigenvalue weighted by molar-refractivity contribution is -0.134. The van der Waals surface area contributed by atoms with Gasteiger partial charge in [0.15, 0.2) is 0 Å². The summed E-state index contributed by atoms with van der Waals surface area (Å²) in [5.41, 5.74) is 2.22. The zero-order chi connectivity index (χ0) is 23.5. The van der Waals surface area contributed by atoms with Crippen LogP contribution in [-0.2, 0) is 27.8 Å². The largest absolute Gasteiger partial charge is 0.426 e. The van der Waals surface area contributed by atoms with Crippen molar-refractivity contribution in [3.63, 3.8) is 0 Å². The number of esters is 1. The fourth-order valence-corrected chi connectivity index (χ4v) is 5.40. The maximum Gasteiger partial charge on any atom is 0.311 e. The Morgan fingerprint density at radius 1 is 1.12 bits per heavy atom. The molecule has 0 aliphatic carbocycles. The van der Waals surface area contributed by atoms with Gasteiger partial charge < -0.3 is 9.30 Å². The molecule has 3 aromatic rings. The van der Waals surface area contributed by atoms with E-state index in [9.17, 15) is 13.2 Å². The zero-order valence-corrected chi connectivity index (χ0v) is 20.3. The van der Waals surface area contributed by atoms with Crippen molar-refractivity contribution in [2.24, 2.45) is 0 Å². The van der Waals surface area contributed by atoms with Crippen molar-refractivity contribution in [2.45, 2.75) is 52.0 Å².